The zero-order chi connectivity index (χ0) is 21.6. The number of carbonyl (C=O) groups excluding carboxylic acids is 1. The molecule has 0 amide bonds. The number of hydrogen-bond acceptors (Lipinski definition) is 9. The van der Waals surface area contributed by atoms with E-state index in [9.17, 15) is 4.79 Å². The molecule has 2 aromatic heterocycles. The number of piperidine rings is 1. The van der Waals surface area contributed by atoms with Gasteiger partial charge in [0.2, 0.25) is 5.95 Å². The number of anilines is 1. The summed E-state index contributed by atoms with van der Waals surface area (Å²) in [5.74, 6) is 1.70. The van der Waals surface area contributed by atoms with E-state index in [-0.39, 0.29) is 18.5 Å². The van der Waals surface area contributed by atoms with Gasteiger partial charge in [-0.1, -0.05) is 6.07 Å². The van der Waals surface area contributed by atoms with Crippen molar-refractivity contribution in [3.8, 4) is 22.1 Å². The van der Waals surface area contributed by atoms with E-state index in [0.717, 1.165) is 36.5 Å². The molecule has 3 heterocycles. The summed E-state index contributed by atoms with van der Waals surface area (Å²) in [5, 5.41) is 2.69. The van der Waals surface area contributed by atoms with Crippen molar-refractivity contribution in [3.63, 3.8) is 0 Å². The fourth-order valence-corrected chi connectivity index (χ4v) is 4.41. The van der Waals surface area contributed by atoms with Crippen LogP contribution in [0.3, 0.4) is 0 Å². The molecule has 0 atom stereocenters. The maximum absolute atomic E-state index is 12.5. The van der Waals surface area contributed by atoms with Gasteiger partial charge in [0.25, 0.3) is 0 Å². The summed E-state index contributed by atoms with van der Waals surface area (Å²) in [7, 11) is 3.21. The lowest BCUT2D eigenvalue weighted by Gasteiger charge is -2.30. The van der Waals surface area contributed by atoms with Crippen LogP contribution in [0.25, 0.3) is 10.6 Å². The van der Waals surface area contributed by atoms with Crippen LogP contribution in [-0.4, -0.2) is 48.2 Å². The van der Waals surface area contributed by atoms with Gasteiger partial charge >= 0.3 is 5.97 Å². The van der Waals surface area contributed by atoms with E-state index in [1.165, 1.54) is 11.3 Å². The molecule has 0 saturated carbocycles. The third-order valence-electron chi connectivity index (χ3n) is 5.21. The standard InChI is InChI=1S/C22H24N4O4S/c1-28-18-6-3-5-17(19(18)29-2)20-25-16(14-31-20)13-30-21(27)15-7-11-26(12-8-15)22-23-9-4-10-24-22/h3-6,9-10,14-15H,7-8,11-13H2,1-2H3. The van der Waals surface area contributed by atoms with E-state index in [2.05, 4.69) is 19.9 Å². The molecule has 0 unspecified atom stereocenters. The highest BCUT2D eigenvalue weighted by Crippen LogP contribution is 2.39. The molecule has 1 aliphatic heterocycles. The molecule has 1 saturated heterocycles. The van der Waals surface area contributed by atoms with Gasteiger partial charge in [-0.2, -0.15) is 0 Å². The van der Waals surface area contributed by atoms with Gasteiger partial charge in [-0.05, 0) is 31.0 Å². The SMILES string of the molecule is COc1cccc(-c2nc(COC(=O)C3CCN(c4ncccn4)CC3)cs2)c1OC. The second-order valence-electron chi connectivity index (χ2n) is 7.10. The van der Waals surface area contributed by atoms with Gasteiger partial charge in [-0.15, -0.1) is 11.3 Å². The van der Waals surface area contributed by atoms with Crippen LogP contribution in [0, 0.1) is 5.92 Å². The van der Waals surface area contributed by atoms with Crippen molar-refractivity contribution in [2.45, 2.75) is 19.4 Å². The lowest BCUT2D eigenvalue weighted by atomic mass is 9.97. The monoisotopic (exact) mass is 440 g/mol. The molecule has 1 aromatic carbocycles. The number of nitrogens with zero attached hydrogens (tertiary/aromatic N) is 4. The molecule has 8 nitrogen and oxygen atoms in total. The Morgan fingerprint density at radius 3 is 2.61 bits per heavy atom. The lowest BCUT2D eigenvalue weighted by molar-refractivity contribution is -0.150. The van der Waals surface area contributed by atoms with Crippen LogP contribution in [0.15, 0.2) is 42.0 Å². The number of esters is 1. The lowest BCUT2D eigenvalue weighted by Crippen LogP contribution is -2.37. The average molecular weight is 441 g/mol. The molecule has 31 heavy (non-hydrogen) atoms. The number of ether oxygens (including phenoxy) is 3. The Hall–Kier alpha value is -3.20. The number of thiazole rings is 1. The largest absolute Gasteiger partial charge is 0.493 e. The van der Waals surface area contributed by atoms with E-state index < -0.39 is 0 Å². The summed E-state index contributed by atoms with van der Waals surface area (Å²) in [6, 6.07) is 7.46. The fraction of sp³-hybridized carbons (Fsp3) is 0.364. The number of methoxy groups -OCH3 is 2. The van der Waals surface area contributed by atoms with Crippen molar-refractivity contribution in [1.29, 1.82) is 0 Å². The number of hydrogen-bond donors (Lipinski definition) is 0. The van der Waals surface area contributed by atoms with Crippen molar-refractivity contribution < 1.29 is 19.0 Å². The summed E-state index contributed by atoms with van der Waals surface area (Å²) in [6.45, 7) is 1.63. The predicted molar refractivity (Wildman–Crippen MR) is 117 cm³/mol. The van der Waals surface area contributed by atoms with Crippen LogP contribution in [0.5, 0.6) is 11.5 Å². The number of aromatic nitrogens is 3. The fourth-order valence-electron chi connectivity index (χ4n) is 3.59. The molecular weight excluding hydrogens is 416 g/mol. The van der Waals surface area contributed by atoms with Crippen LogP contribution in [0.2, 0.25) is 0 Å². The summed E-state index contributed by atoms with van der Waals surface area (Å²) >= 11 is 1.48. The van der Waals surface area contributed by atoms with E-state index in [1.54, 1.807) is 32.7 Å². The molecule has 0 N–H and O–H groups in total. The number of para-hydroxylation sites is 1. The Morgan fingerprint density at radius 2 is 1.90 bits per heavy atom. The van der Waals surface area contributed by atoms with Crippen LogP contribution < -0.4 is 14.4 Å². The molecule has 3 aromatic rings. The molecule has 0 bridgehead atoms. The summed E-state index contributed by atoms with van der Waals surface area (Å²) in [4.78, 5) is 27.8. The van der Waals surface area contributed by atoms with E-state index in [1.807, 2.05) is 23.6 Å². The smallest absolute Gasteiger partial charge is 0.309 e. The number of carbonyl (C=O) groups is 1. The number of benzene rings is 1. The Balaban J connectivity index is 1.33. The Kier molecular flexibility index (Phi) is 6.61. The highest BCUT2D eigenvalue weighted by molar-refractivity contribution is 7.13. The van der Waals surface area contributed by atoms with Gasteiger partial charge in [0.15, 0.2) is 11.5 Å². The molecule has 0 aliphatic carbocycles. The Bertz CT molecular complexity index is 1020. The summed E-state index contributed by atoms with van der Waals surface area (Å²) in [5.41, 5.74) is 1.56. The minimum absolute atomic E-state index is 0.114. The first-order valence-electron chi connectivity index (χ1n) is 10.0. The van der Waals surface area contributed by atoms with E-state index in [4.69, 9.17) is 14.2 Å². The quantitative estimate of drug-likeness (QED) is 0.515. The Labute approximate surface area is 184 Å². The minimum atomic E-state index is -0.179. The van der Waals surface area contributed by atoms with Gasteiger partial charge in [-0.3, -0.25) is 4.79 Å². The van der Waals surface area contributed by atoms with Crippen LogP contribution >= 0.6 is 11.3 Å². The van der Waals surface area contributed by atoms with E-state index >= 15 is 0 Å². The molecule has 162 valence electrons. The molecule has 9 heteroatoms. The maximum atomic E-state index is 12.5. The third kappa shape index (κ3) is 4.77. The van der Waals surface area contributed by atoms with Gasteiger partial charge < -0.3 is 19.1 Å². The van der Waals surface area contributed by atoms with Gasteiger partial charge in [0.05, 0.1) is 31.4 Å². The van der Waals surface area contributed by atoms with E-state index in [0.29, 0.717) is 23.1 Å². The number of rotatable bonds is 7. The normalized spacial score (nSPS) is 14.3. The third-order valence-corrected chi connectivity index (χ3v) is 6.14. The molecule has 4 rings (SSSR count). The maximum Gasteiger partial charge on any atom is 0.309 e. The van der Waals surface area contributed by atoms with Crippen molar-refractivity contribution in [2.24, 2.45) is 5.92 Å². The molecule has 1 aliphatic rings. The van der Waals surface area contributed by atoms with Gasteiger partial charge in [-0.25, -0.2) is 15.0 Å². The first-order chi connectivity index (χ1) is 15.2. The summed E-state index contributed by atoms with van der Waals surface area (Å²) in [6.07, 6.45) is 4.90. The van der Waals surface area contributed by atoms with Gasteiger partial charge in [0, 0.05) is 30.9 Å². The molecule has 0 radical (unpaired) electrons. The minimum Gasteiger partial charge on any atom is -0.493 e. The van der Waals surface area contributed by atoms with Crippen molar-refractivity contribution in [1.82, 2.24) is 15.0 Å². The summed E-state index contributed by atoms with van der Waals surface area (Å²) < 4.78 is 16.4. The Morgan fingerprint density at radius 1 is 1.13 bits per heavy atom. The second-order valence-corrected chi connectivity index (χ2v) is 7.96. The van der Waals surface area contributed by atoms with Crippen molar-refractivity contribution in [3.05, 3.63) is 47.7 Å². The van der Waals surface area contributed by atoms with Crippen LogP contribution in [-0.2, 0) is 16.1 Å². The zero-order valence-electron chi connectivity index (χ0n) is 17.5. The zero-order valence-corrected chi connectivity index (χ0v) is 18.3. The topological polar surface area (TPSA) is 86.7 Å². The first kappa shape index (κ1) is 21.0. The average Bonchev–Trinajstić information content (AvgIpc) is 3.31. The predicted octanol–water partition coefficient (Wildman–Crippen LogP) is 3.58. The van der Waals surface area contributed by atoms with Crippen LogP contribution in [0.4, 0.5) is 5.95 Å². The molecule has 1 fully saturated rings. The van der Waals surface area contributed by atoms with Gasteiger partial charge in [0.1, 0.15) is 11.6 Å². The second kappa shape index (κ2) is 9.74. The highest BCUT2D eigenvalue weighted by Gasteiger charge is 2.27. The van der Waals surface area contributed by atoms with Crippen molar-refractivity contribution in [2.75, 3.05) is 32.2 Å². The molecule has 0 spiro atoms. The van der Waals surface area contributed by atoms with Crippen LogP contribution in [0.1, 0.15) is 18.5 Å². The van der Waals surface area contributed by atoms with Crippen molar-refractivity contribution >= 4 is 23.3 Å². The highest BCUT2D eigenvalue weighted by atomic mass is 32.1. The first-order valence-corrected chi connectivity index (χ1v) is 10.9. The molecular formula is C22H24N4O4S.